The summed E-state index contributed by atoms with van der Waals surface area (Å²) in [5.74, 6) is -1.43. The minimum absolute atomic E-state index is 0.117. The summed E-state index contributed by atoms with van der Waals surface area (Å²) in [6.45, 7) is 3.52. The van der Waals surface area contributed by atoms with Gasteiger partial charge >= 0.3 is 5.97 Å². The van der Waals surface area contributed by atoms with Gasteiger partial charge in [-0.25, -0.2) is 4.79 Å². The summed E-state index contributed by atoms with van der Waals surface area (Å²) in [6.07, 6.45) is 1.38. The van der Waals surface area contributed by atoms with Gasteiger partial charge in [-0.3, -0.25) is 9.69 Å². The molecule has 7 heteroatoms. The highest BCUT2D eigenvalue weighted by Crippen LogP contribution is 2.02. The first-order valence-electron chi connectivity index (χ1n) is 6.17. The van der Waals surface area contributed by atoms with E-state index < -0.39 is 17.9 Å². The average Bonchev–Trinajstić information content (AvgIpc) is 2.93. The molecule has 1 saturated heterocycles. The molecule has 0 bridgehead atoms. The van der Waals surface area contributed by atoms with Crippen molar-refractivity contribution >= 4 is 11.9 Å². The Balaban J connectivity index is 1.92. The van der Waals surface area contributed by atoms with Crippen LogP contribution in [0, 0.1) is 0 Å². The number of carbonyl (C=O) groups is 2. The predicted octanol–water partition coefficient (Wildman–Crippen LogP) is -0.632. The Morgan fingerprint density at radius 3 is 2.79 bits per heavy atom. The first-order valence-corrected chi connectivity index (χ1v) is 6.17. The Kier molecular flexibility index (Phi) is 4.53. The van der Waals surface area contributed by atoms with Crippen LogP contribution >= 0.6 is 0 Å². The van der Waals surface area contributed by atoms with Gasteiger partial charge < -0.3 is 20.2 Å². The number of hydrogen-bond acceptors (Lipinski definition) is 5. The SMILES string of the molecule is O=C(NC(CN1CCNCC1)C(=O)O)c1ccco1. The number of rotatable bonds is 5. The van der Waals surface area contributed by atoms with Crippen LogP contribution in [0.15, 0.2) is 22.8 Å². The van der Waals surface area contributed by atoms with Crippen molar-refractivity contribution in [3.05, 3.63) is 24.2 Å². The van der Waals surface area contributed by atoms with Crippen molar-refractivity contribution in [1.29, 1.82) is 0 Å². The number of carboxylic acids is 1. The van der Waals surface area contributed by atoms with Gasteiger partial charge in [-0.05, 0) is 12.1 Å². The van der Waals surface area contributed by atoms with E-state index in [2.05, 4.69) is 10.6 Å². The van der Waals surface area contributed by atoms with E-state index in [9.17, 15) is 9.59 Å². The molecule has 19 heavy (non-hydrogen) atoms. The predicted molar refractivity (Wildman–Crippen MR) is 66.9 cm³/mol. The van der Waals surface area contributed by atoms with Crippen LogP contribution in [0.25, 0.3) is 0 Å². The zero-order chi connectivity index (χ0) is 13.7. The molecule has 1 aromatic heterocycles. The summed E-state index contributed by atoms with van der Waals surface area (Å²) in [7, 11) is 0. The lowest BCUT2D eigenvalue weighted by Crippen LogP contribution is -2.52. The lowest BCUT2D eigenvalue weighted by Gasteiger charge is -2.29. The third kappa shape index (κ3) is 3.80. The van der Waals surface area contributed by atoms with Crippen LogP contribution in [-0.4, -0.2) is 60.6 Å². The molecule has 0 radical (unpaired) electrons. The van der Waals surface area contributed by atoms with Gasteiger partial charge in [0.25, 0.3) is 5.91 Å². The largest absolute Gasteiger partial charge is 0.480 e. The molecule has 1 aromatic rings. The maximum absolute atomic E-state index is 11.8. The van der Waals surface area contributed by atoms with Gasteiger partial charge in [0.1, 0.15) is 6.04 Å². The van der Waals surface area contributed by atoms with E-state index >= 15 is 0 Å². The second-order valence-electron chi connectivity index (χ2n) is 4.39. The quantitative estimate of drug-likeness (QED) is 0.657. The number of nitrogens with one attached hydrogen (secondary N) is 2. The lowest BCUT2D eigenvalue weighted by atomic mass is 10.2. The summed E-state index contributed by atoms with van der Waals surface area (Å²) in [6, 6.07) is 2.15. The summed E-state index contributed by atoms with van der Waals surface area (Å²) in [5, 5.41) is 14.8. The third-order valence-electron chi connectivity index (χ3n) is 3.00. The fourth-order valence-corrected chi connectivity index (χ4v) is 1.97. The monoisotopic (exact) mass is 267 g/mol. The highest BCUT2D eigenvalue weighted by molar-refractivity contribution is 5.94. The zero-order valence-electron chi connectivity index (χ0n) is 10.5. The Labute approximate surface area is 110 Å². The molecule has 0 aromatic carbocycles. The molecule has 0 spiro atoms. The maximum atomic E-state index is 11.8. The standard InChI is InChI=1S/C12H17N3O4/c16-11(10-2-1-7-19-10)14-9(12(17)18)8-15-5-3-13-4-6-15/h1-2,7,9,13H,3-6,8H2,(H,14,16)(H,17,18). The zero-order valence-corrected chi connectivity index (χ0v) is 10.5. The molecule has 104 valence electrons. The number of amides is 1. The maximum Gasteiger partial charge on any atom is 0.327 e. The molecule has 1 amide bonds. The molecular weight excluding hydrogens is 250 g/mol. The van der Waals surface area contributed by atoms with Crippen molar-refractivity contribution in [3.8, 4) is 0 Å². The summed E-state index contributed by atoms with van der Waals surface area (Å²) < 4.78 is 4.94. The Morgan fingerprint density at radius 1 is 1.47 bits per heavy atom. The van der Waals surface area contributed by atoms with E-state index in [0.717, 1.165) is 26.2 Å². The van der Waals surface area contributed by atoms with Crippen molar-refractivity contribution in [2.75, 3.05) is 32.7 Å². The third-order valence-corrected chi connectivity index (χ3v) is 3.00. The van der Waals surface area contributed by atoms with Crippen molar-refractivity contribution in [1.82, 2.24) is 15.5 Å². The van der Waals surface area contributed by atoms with E-state index in [1.165, 1.54) is 12.3 Å². The minimum atomic E-state index is -1.04. The summed E-state index contributed by atoms with van der Waals surface area (Å²) in [4.78, 5) is 25.0. The number of carboxylic acid groups (broad SMARTS) is 1. The molecule has 2 rings (SSSR count). The van der Waals surface area contributed by atoms with Gasteiger partial charge in [-0.2, -0.15) is 0 Å². The van der Waals surface area contributed by atoms with Crippen LogP contribution in [-0.2, 0) is 4.79 Å². The van der Waals surface area contributed by atoms with Gasteiger partial charge in [0.15, 0.2) is 5.76 Å². The number of aliphatic carboxylic acids is 1. The Morgan fingerprint density at radius 2 is 2.21 bits per heavy atom. The van der Waals surface area contributed by atoms with Crippen LogP contribution in [0.3, 0.4) is 0 Å². The van der Waals surface area contributed by atoms with Crippen LogP contribution in [0.5, 0.6) is 0 Å². The molecule has 1 atom stereocenters. The van der Waals surface area contributed by atoms with Gasteiger partial charge in [0, 0.05) is 32.7 Å². The molecule has 1 aliphatic heterocycles. The number of hydrogen-bond donors (Lipinski definition) is 3. The molecule has 0 saturated carbocycles. The Hall–Kier alpha value is -1.86. The number of furan rings is 1. The highest BCUT2D eigenvalue weighted by atomic mass is 16.4. The van der Waals surface area contributed by atoms with E-state index in [-0.39, 0.29) is 5.76 Å². The molecule has 3 N–H and O–H groups in total. The van der Waals surface area contributed by atoms with E-state index in [1.807, 2.05) is 4.90 Å². The van der Waals surface area contributed by atoms with Crippen molar-refractivity contribution < 1.29 is 19.1 Å². The van der Waals surface area contributed by atoms with Crippen molar-refractivity contribution in [2.24, 2.45) is 0 Å². The highest BCUT2D eigenvalue weighted by Gasteiger charge is 2.25. The van der Waals surface area contributed by atoms with Crippen molar-refractivity contribution in [2.45, 2.75) is 6.04 Å². The molecule has 1 fully saturated rings. The molecular formula is C12H17N3O4. The molecule has 7 nitrogen and oxygen atoms in total. The van der Waals surface area contributed by atoms with Gasteiger partial charge in [-0.15, -0.1) is 0 Å². The van der Waals surface area contributed by atoms with Gasteiger partial charge in [0.2, 0.25) is 0 Å². The van der Waals surface area contributed by atoms with Crippen LogP contribution in [0.4, 0.5) is 0 Å². The topological polar surface area (TPSA) is 94.8 Å². The van der Waals surface area contributed by atoms with E-state index in [0.29, 0.717) is 6.54 Å². The van der Waals surface area contributed by atoms with Gasteiger partial charge in [-0.1, -0.05) is 0 Å². The van der Waals surface area contributed by atoms with Gasteiger partial charge in [0.05, 0.1) is 6.26 Å². The summed E-state index contributed by atoms with van der Waals surface area (Å²) >= 11 is 0. The number of piperazine rings is 1. The van der Waals surface area contributed by atoms with Crippen LogP contribution in [0.2, 0.25) is 0 Å². The summed E-state index contributed by atoms with van der Waals surface area (Å²) in [5.41, 5.74) is 0. The smallest absolute Gasteiger partial charge is 0.327 e. The van der Waals surface area contributed by atoms with E-state index in [4.69, 9.17) is 9.52 Å². The number of nitrogens with zero attached hydrogens (tertiary/aromatic N) is 1. The fraction of sp³-hybridized carbons (Fsp3) is 0.500. The molecule has 0 aliphatic carbocycles. The van der Waals surface area contributed by atoms with Crippen molar-refractivity contribution in [3.63, 3.8) is 0 Å². The molecule has 2 heterocycles. The lowest BCUT2D eigenvalue weighted by molar-refractivity contribution is -0.139. The Bertz CT molecular complexity index is 426. The second kappa shape index (κ2) is 6.35. The first-order chi connectivity index (χ1) is 9.16. The normalized spacial score (nSPS) is 17.9. The van der Waals surface area contributed by atoms with Crippen LogP contribution < -0.4 is 10.6 Å². The minimum Gasteiger partial charge on any atom is -0.480 e. The molecule has 1 aliphatic rings. The fourth-order valence-electron chi connectivity index (χ4n) is 1.97. The number of carbonyl (C=O) groups excluding carboxylic acids is 1. The average molecular weight is 267 g/mol. The molecule has 1 unspecified atom stereocenters. The van der Waals surface area contributed by atoms with E-state index in [1.54, 1.807) is 6.07 Å². The van der Waals surface area contributed by atoms with Crippen LogP contribution in [0.1, 0.15) is 10.6 Å². The second-order valence-corrected chi connectivity index (χ2v) is 4.39. The first kappa shape index (κ1) is 13.6.